The van der Waals surface area contributed by atoms with Gasteiger partial charge in [0.05, 0.1) is 11.4 Å². The van der Waals surface area contributed by atoms with Crippen molar-refractivity contribution in [3.63, 3.8) is 0 Å². The Kier molecular flexibility index (Phi) is 4.67. The number of carbonyl (C=O) groups is 1. The van der Waals surface area contributed by atoms with Crippen LogP contribution in [0.5, 0.6) is 0 Å². The molecule has 0 saturated heterocycles. The number of aromatic nitrogens is 6. The molecule has 0 spiro atoms. The van der Waals surface area contributed by atoms with Crippen LogP contribution in [-0.4, -0.2) is 35.4 Å². The van der Waals surface area contributed by atoms with Crippen LogP contribution in [0.15, 0.2) is 61.3 Å². The second-order valence-corrected chi connectivity index (χ2v) is 6.43. The van der Waals surface area contributed by atoms with Crippen LogP contribution in [0.2, 0.25) is 0 Å². The number of aryl methyl sites for hydroxylation is 2. The highest BCUT2D eigenvalue weighted by Crippen LogP contribution is 2.11. The van der Waals surface area contributed by atoms with Gasteiger partial charge in [-0.25, -0.2) is 19.3 Å². The van der Waals surface area contributed by atoms with E-state index in [2.05, 4.69) is 25.5 Å². The first-order valence-electron chi connectivity index (χ1n) is 8.82. The zero-order chi connectivity index (χ0) is 19.5. The number of amides is 1. The second-order valence-electron chi connectivity index (χ2n) is 6.43. The lowest BCUT2D eigenvalue weighted by atomic mass is 10.2. The van der Waals surface area contributed by atoms with Gasteiger partial charge in [-0.3, -0.25) is 4.79 Å². The van der Waals surface area contributed by atoms with Crippen molar-refractivity contribution in [2.75, 3.05) is 0 Å². The molecule has 3 aromatic heterocycles. The van der Waals surface area contributed by atoms with E-state index in [1.807, 2.05) is 44.2 Å². The Bertz CT molecular complexity index is 1080. The molecule has 0 radical (unpaired) electrons. The number of hydrogen-bond donors (Lipinski definition) is 1. The van der Waals surface area contributed by atoms with E-state index in [1.165, 1.54) is 6.33 Å². The highest BCUT2D eigenvalue weighted by atomic mass is 16.1. The normalized spacial score (nSPS) is 10.8. The summed E-state index contributed by atoms with van der Waals surface area (Å²) in [6, 6.07) is 13.0. The van der Waals surface area contributed by atoms with Gasteiger partial charge in [-0.1, -0.05) is 6.07 Å². The number of rotatable bonds is 5. The van der Waals surface area contributed by atoms with Crippen molar-refractivity contribution in [2.45, 2.75) is 20.4 Å². The summed E-state index contributed by atoms with van der Waals surface area (Å²) >= 11 is 0. The van der Waals surface area contributed by atoms with E-state index in [-0.39, 0.29) is 5.91 Å². The average Bonchev–Trinajstić information content (AvgIpc) is 3.36. The summed E-state index contributed by atoms with van der Waals surface area (Å²) in [4.78, 5) is 20.7. The monoisotopic (exact) mass is 373 g/mol. The van der Waals surface area contributed by atoms with Crippen molar-refractivity contribution < 1.29 is 4.79 Å². The van der Waals surface area contributed by atoms with Crippen molar-refractivity contribution in [1.29, 1.82) is 0 Å². The highest BCUT2D eigenvalue weighted by Gasteiger charge is 2.08. The number of hydrogen-bond acceptors (Lipinski definition) is 5. The van der Waals surface area contributed by atoms with Crippen molar-refractivity contribution >= 4 is 5.91 Å². The van der Waals surface area contributed by atoms with Gasteiger partial charge in [0.15, 0.2) is 5.82 Å². The zero-order valence-electron chi connectivity index (χ0n) is 15.6. The molecule has 0 aliphatic heterocycles. The van der Waals surface area contributed by atoms with Gasteiger partial charge in [0.25, 0.3) is 5.91 Å². The van der Waals surface area contributed by atoms with Crippen molar-refractivity contribution in [3.05, 3.63) is 83.8 Å². The van der Waals surface area contributed by atoms with Crippen LogP contribution in [0.25, 0.3) is 11.5 Å². The molecule has 0 atom stereocenters. The van der Waals surface area contributed by atoms with Crippen LogP contribution in [0.3, 0.4) is 0 Å². The van der Waals surface area contributed by atoms with E-state index < -0.39 is 0 Å². The van der Waals surface area contributed by atoms with Gasteiger partial charge >= 0.3 is 0 Å². The van der Waals surface area contributed by atoms with Gasteiger partial charge in [0, 0.05) is 24.0 Å². The molecule has 1 aromatic carbocycles. The Morgan fingerprint density at radius 1 is 1.11 bits per heavy atom. The standard InChI is InChI=1S/C20H19N7O/c1-14-9-15(2)27(25-14)19-8-3-16(10-22-19)11-23-20(28)17-4-6-18(7-5-17)26-13-21-12-24-26/h3-10,12-13H,11H2,1-2H3,(H,23,28). The third-order valence-electron chi connectivity index (χ3n) is 4.30. The van der Waals surface area contributed by atoms with Crippen molar-refractivity contribution in [1.82, 2.24) is 34.8 Å². The summed E-state index contributed by atoms with van der Waals surface area (Å²) in [6.45, 7) is 4.34. The molecule has 0 aliphatic rings. The maximum Gasteiger partial charge on any atom is 0.251 e. The maximum atomic E-state index is 12.4. The minimum atomic E-state index is -0.146. The summed E-state index contributed by atoms with van der Waals surface area (Å²) in [5, 5.41) is 11.4. The number of nitrogens with one attached hydrogen (secondary N) is 1. The SMILES string of the molecule is Cc1cc(C)n(-c2ccc(CNC(=O)c3ccc(-n4cncn4)cc3)cn2)n1. The first-order valence-corrected chi connectivity index (χ1v) is 8.82. The van der Waals surface area contributed by atoms with Gasteiger partial charge in [-0.05, 0) is 55.8 Å². The maximum absolute atomic E-state index is 12.4. The molecule has 0 aliphatic carbocycles. The van der Waals surface area contributed by atoms with Gasteiger partial charge in [-0.2, -0.15) is 10.2 Å². The Morgan fingerprint density at radius 3 is 2.54 bits per heavy atom. The van der Waals surface area contributed by atoms with Gasteiger partial charge in [-0.15, -0.1) is 0 Å². The minimum absolute atomic E-state index is 0.146. The molecular weight excluding hydrogens is 354 g/mol. The Labute approximate surface area is 161 Å². The lowest BCUT2D eigenvalue weighted by Gasteiger charge is -2.08. The first kappa shape index (κ1) is 17.6. The second kappa shape index (κ2) is 7.43. The van der Waals surface area contributed by atoms with E-state index in [0.717, 1.165) is 28.5 Å². The van der Waals surface area contributed by atoms with Gasteiger partial charge in [0.1, 0.15) is 12.7 Å². The van der Waals surface area contributed by atoms with E-state index >= 15 is 0 Å². The van der Waals surface area contributed by atoms with Crippen LogP contribution in [0.1, 0.15) is 27.3 Å². The van der Waals surface area contributed by atoms with E-state index in [0.29, 0.717) is 12.1 Å². The first-order chi connectivity index (χ1) is 13.6. The quantitative estimate of drug-likeness (QED) is 0.580. The van der Waals surface area contributed by atoms with Crippen LogP contribution in [0, 0.1) is 13.8 Å². The van der Waals surface area contributed by atoms with E-state index in [4.69, 9.17) is 0 Å². The highest BCUT2D eigenvalue weighted by molar-refractivity contribution is 5.94. The summed E-state index contributed by atoms with van der Waals surface area (Å²) in [6.07, 6.45) is 4.83. The third-order valence-corrected chi connectivity index (χ3v) is 4.30. The summed E-state index contributed by atoms with van der Waals surface area (Å²) in [5.41, 5.74) is 4.32. The molecule has 3 heterocycles. The zero-order valence-corrected chi connectivity index (χ0v) is 15.6. The Balaban J connectivity index is 1.39. The fraction of sp³-hybridized carbons (Fsp3) is 0.150. The van der Waals surface area contributed by atoms with Crippen LogP contribution >= 0.6 is 0 Å². The number of nitrogens with zero attached hydrogens (tertiary/aromatic N) is 6. The third kappa shape index (κ3) is 3.66. The van der Waals surface area contributed by atoms with Crippen LogP contribution in [-0.2, 0) is 6.54 Å². The lowest BCUT2D eigenvalue weighted by Crippen LogP contribution is -2.22. The molecule has 0 fully saturated rings. The van der Waals surface area contributed by atoms with Gasteiger partial charge in [0.2, 0.25) is 0 Å². The minimum Gasteiger partial charge on any atom is -0.348 e. The smallest absolute Gasteiger partial charge is 0.251 e. The average molecular weight is 373 g/mol. The molecule has 0 bridgehead atoms. The number of benzene rings is 1. The molecule has 0 saturated carbocycles. The molecular formula is C20H19N7O. The fourth-order valence-electron chi connectivity index (χ4n) is 2.90. The van der Waals surface area contributed by atoms with E-state index in [9.17, 15) is 4.79 Å². The molecule has 28 heavy (non-hydrogen) atoms. The van der Waals surface area contributed by atoms with Crippen molar-refractivity contribution in [3.8, 4) is 11.5 Å². The van der Waals surface area contributed by atoms with Gasteiger partial charge < -0.3 is 5.32 Å². The largest absolute Gasteiger partial charge is 0.348 e. The Hall–Kier alpha value is -3.81. The molecule has 1 N–H and O–H groups in total. The number of pyridine rings is 1. The molecule has 8 nitrogen and oxygen atoms in total. The summed E-state index contributed by atoms with van der Waals surface area (Å²) in [7, 11) is 0. The van der Waals surface area contributed by atoms with E-state index in [1.54, 1.807) is 34.0 Å². The molecule has 1 amide bonds. The van der Waals surface area contributed by atoms with Crippen LogP contribution < -0.4 is 5.32 Å². The predicted molar refractivity (Wildman–Crippen MR) is 103 cm³/mol. The van der Waals surface area contributed by atoms with Crippen molar-refractivity contribution in [2.24, 2.45) is 0 Å². The summed E-state index contributed by atoms with van der Waals surface area (Å²) in [5.74, 6) is 0.608. The molecule has 4 rings (SSSR count). The topological polar surface area (TPSA) is 90.5 Å². The predicted octanol–water partition coefficient (Wildman–Crippen LogP) is 2.39. The summed E-state index contributed by atoms with van der Waals surface area (Å²) < 4.78 is 3.44. The Morgan fingerprint density at radius 2 is 1.93 bits per heavy atom. The molecule has 4 aromatic rings. The number of carbonyl (C=O) groups excluding carboxylic acids is 1. The van der Waals surface area contributed by atoms with Crippen LogP contribution in [0.4, 0.5) is 0 Å². The fourth-order valence-corrected chi connectivity index (χ4v) is 2.90. The molecule has 8 heteroatoms. The molecule has 140 valence electrons. The molecule has 0 unspecified atom stereocenters. The lowest BCUT2D eigenvalue weighted by molar-refractivity contribution is 0.0951.